The number of rotatable bonds is 0. The molecule has 2 nitrogen and oxygen atoms in total. The minimum absolute atomic E-state index is 0.625. The first-order valence-electron chi connectivity index (χ1n) is 6.31. The molecule has 0 aliphatic carbocycles. The summed E-state index contributed by atoms with van der Waals surface area (Å²) in [5.41, 5.74) is 2.84. The van der Waals surface area contributed by atoms with E-state index >= 15 is 0 Å². The second-order valence-electron chi connectivity index (χ2n) is 4.81. The summed E-state index contributed by atoms with van der Waals surface area (Å²) in [5, 5.41) is 13.3. The summed E-state index contributed by atoms with van der Waals surface area (Å²) in [6, 6.07) is 17.5. The summed E-state index contributed by atoms with van der Waals surface area (Å²) in [5.74, 6) is 0. The predicted octanol–water partition coefficient (Wildman–Crippen LogP) is 3.40. The zero-order valence-electron chi connectivity index (χ0n) is 10.6. The number of nitrogens with zero attached hydrogens (tertiary/aromatic N) is 1. The van der Waals surface area contributed by atoms with Gasteiger partial charge in [-0.05, 0) is 17.5 Å². The van der Waals surface area contributed by atoms with Crippen LogP contribution >= 0.6 is 0 Å². The largest absolute Gasteiger partial charge is 0.456 e. The topological polar surface area (TPSA) is 36.9 Å². The zero-order chi connectivity index (χ0) is 13.7. The molecule has 4 rings (SSSR count). The minimum atomic E-state index is 0.625. The Morgan fingerprint density at radius 1 is 0.900 bits per heavy atom. The van der Waals surface area contributed by atoms with E-state index in [4.69, 9.17) is 12.3 Å². The molecular formula is C17H8BNO. The number of furan rings is 1. The van der Waals surface area contributed by atoms with E-state index in [-0.39, 0.29) is 0 Å². The predicted molar refractivity (Wildman–Crippen MR) is 81.3 cm³/mol. The summed E-state index contributed by atoms with van der Waals surface area (Å²) in [6.45, 7) is 0. The van der Waals surface area contributed by atoms with Crippen LogP contribution in [-0.2, 0) is 0 Å². The molecule has 0 fully saturated rings. The highest BCUT2D eigenvalue weighted by Crippen LogP contribution is 2.35. The molecule has 3 aromatic carbocycles. The lowest BCUT2D eigenvalue weighted by molar-refractivity contribution is 0.669. The van der Waals surface area contributed by atoms with E-state index in [1.165, 1.54) is 0 Å². The van der Waals surface area contributed by atoms with Gasteiger partial charge in [-0.25, -0.2) is 0 Å². The van der Waals surface area contributed by atoms with Gasteiger partial charge in [0.05, 0.1) is 11.6 Å². The van der Waals surface area contributed by atoms with Crippen LogP contribution in [0.15, 0.2) is 52.9 Å². The highest BCUT2D eigenvalue weighted by Gasteiger charge is 2.13. The molecule has 0 aliphatic heterocycles. The Hall–Kier alpha value is -2.73. The van der Waals surface area contributed by atoms with Gasteiger partial charge in [0.1, 0.15) is 19.0 Å². The summed E-state index contributed by atoms with van der Waals surface area (Å²) in [4.78, 5) is 0. The maximum atomic E-state index is 9.30. The average Bonchev–Trinajstić information content (AvgIpc) is 2.84. The summed E-state index contributed by atoms with van der Waals surface area (Å²) in [7, 11) is 5.88. The van der Waals surface area contributed by atoms with Crippen LogP contribution in [0.2, 0.25) is 0 Å². The first-order chi connectivity index (χ1) is 9.78. The standard InChI is InChI=1S/C17H8BNO/c18-11-5-6-15-14(8-11)17-13-4-2-1-3-12(13)10(9-19)7-16(17)20-15/h1-8H. The van der Waals surface area contributed by atoms with Gasteiger partial charge in [-0.15, -0.1) is 0 Å². The van der Waals surface area contributed by atoms with Crippen molar-refractivity contribution >= 4 is 46.0 Å². The van der Waals surface area contributed by atoms with E-state index in [9.17, 15) is 5.26 Å². The van der Waals surface area contributed by atoms with Gasteiger partial charge in [-0.1, -0.05) is 41.9 Å². The van der Waals surface area contributed by atoms with E-state index in [0.717, 1.165) is 32.7 Å². The van der Waals surface area contributed by atoms with Crippen LogP contribution in [0.5, 0.6) is 0 Å². The highest BCUT2D eigenvalue weighted by atomic mass is 16.3. The quantitative estimate of drug-likeness (QED) is 0.450. The van der Waals surface area contributed by atoms with Gasteiger partial charge in [0.25, 0.3) is 0 Å². The molecule has 90 valence electrons. The molecule has 0 atom stereocenters. The van der Waals surface area contributed by atoms with Crippen LogP contribution < -0.4 is 5.46 Å². The third-order valence-corrected chi connectivity index (χ3v) is 3.62. The summed E-state index contributed by atoms with van der Waals surface area (Å²) >= 11 is 0. The molecule has 0 saturated heterocycles. The molecule has 4 aromatic rings. The van der Waals surface area contributed by atoms with Crippen molar-refractivity contribution in [3.8, 4) is 6.07 Å². The molecule has 1 aromatic heterocycles. The minimum Gasteiger partial charge on any atom is -0.456 e. The number of hydrogen-bond donors (Lipinski definition) is 0. The van der Waals surface area contributed by atoms with Crippen molar-refractivity contribution in [3.05, 3.63) is 54.1 Å². The van der Waals surface area contributed by atoms with E-state index in [0.29, 0.717) is 11.0 Å². The highest BCUT2D eigenvalue weighted by molar-refractivity contribution is 6.34. The van der Waals surface area contributed by atoms with Gasteiger partial charge < -0.3 is 4.42 Å². The smallest absolute Gasteiger partial charge is 0.137 e. The van der Waals surface area contributed by atoms with Crippen molar-refractivity contribution in [1.29, 1.82) is 5.26 Å². The number of hydrogen-bond acceptors (Lipinski definition) is 2. The van der Waals surface area contributed by atoms with E-state index in [1.807, 2.05) is 42.5 Å². The third-order valence-electron chi connectivity index (χ3n) is 3.62. The summed E-state index contributed by atoms with van der Waals surface area (Å²) < 4.78 is 5.85. The van der Waals surface area contributed by atoms with Gasteiger partial charge in [0, 0.05) is 16.2 Å². The molecule has 20 heavy (non-hydrogen) atoms. The van der Waals surface area contributed by atoms with Crippen LogP contribution in [0.1, 0.15) is 5.56 Å². The number of fused-ring (bicyclic) bond motifs is 5. The van der Waals surface area contributed by atoms with Crippen molar-refractivity contribution in [3.63, 3.8) is 0 Å². The van der Waals surface area contributed by atoms with Crippen LogP contribution in [-0.4, -0.2) is 7.85 Å². The average molecular weight is 253 g/mol. The molecule has 0 aliphatic rings. The molecule has 1 heterocycles. The number of nitriles is 1. The maximum absolute atomic E-state index is 9.30. The van der Waals surface area contributed by atoms with Crippen molar-refractivity contribution in [1.82, 2.24) is 0 Å². The van der Waals surface area contributed by atoms with Gasteiger partial charge in [0.2, 0.25) is 0 Å². The fourth-order valence-electron chi connectivity index (χ4n) is 2.75. The van der Waals surface area contributed by atoms with Gasteiger partial charge in [-0.2, -0.15) is 5.26 Å². The van der Waals surface area contributed by atoms with E-state index in [2.05, 4.69) is 6.07 Å². The Kier molecular flexibility index (Phi) is 2.16. The molecule has 2 radical (unpaired) electrons. The van der Waals surface area contributed by atoms with Crippen molar-refractivity contribution in [2.45, 2.75) is 0 Å². The fraction of sp³-hybridized carbons (Fsp3) is 0. The monoisotopic (exact) mass is 253 g/mol. The van der Waals surface area contributed by atoms with E-state index < -0.39 is 0 Å². The van der Waals surface area contributed by atoms with Gasteiger partial charge in [-0.3, -0.25) is 0 Å². The first kappa shape index (κ1) is 11.1. The molecule has 0 amide bonds. The molecule has 3 heteroatoms. The Morgan fingerprint density at radius 3 is 2.50 bits per heavy atom. The molecule has 0 saturated carbocycles. The van der Waals surface area contributed by atoms with E-state index in [1.54, 1.807) is 6.07 Å². The lowest BCUT2D eigenvalue weighted by atomic mass is 9.93. The Balaban J connectivity index is 2.36. The maximum Gasteiger partial charge on any atom is 0.137 e. The molecule has 0 spiro atoms. The lowest BCUT2D eigenvalue weighted by Gasteiger charge is -2.01. The Bertz CT molecular complexity index is 1020. The summed E-state index contributed by atoms with van der Waals surface area (Å²) in [6.07, 6.45) is 0. The van der Waals surface area contributed by atoms with Crippen molar-refractivity contribution in [2.75, 3.05) is 0 Å². The second-order valence-corrected chi connectivity index (χ2v) is 4.81. The Morgan fingerprint density at radius 2 is 1.70 bits per heavy atom. The fourth-order valence-corrected chi connectivity index (χ4v) is 2.75. The van der Waals surface area contributed by atoms with Gasteiger partial charge >= 0.3 is 0 Å². The third kappa shape index (κ3) is 1.39. The van der Waals surface area contributed by atoms with Crippen LogP contribution in [0, 0.1) is 11.3 Å². The molecule has 0 bridgehead atoms. The number of benzene rings is 3. The first-order valence-corrected chi connectivity index (χ1v) is 6.31. The van der Waals surface area contributed by atoms with Crippen molar-refractivity contribution in [2.24, 2.45) is 0 Å². The van der Waals surface area contributed by atoms with Crippen LogP contribution in [0.4, 0.5) is 0 Å². The van der Waals surface area contributed by atoms with Crippen molar-refractivity contribution < 1.29 is 4.42 Å². The van der Waals surface area contributed by atoms with Gasteiger partial charge in [0.15, 0.2) is 0 Å². The molecular weight excluding hydrogens is 245 g/mol. The molecule has 0 unspecified atom stereocenters. The normalized spacial score (nSPS) is 11.2. The lowest BCUT2D eigenvalue weighted by Crippen LogP contribution is -1.98. The second kappa shape index (κ2) is 3.88. The Labute approximate surface area is 116 Å². The SMILES string of the molecule is [B]c1ccc2oc3cc(C#N)c4ccccc4c3c2c1. The van der Waals surface area contributed by atoms with Crippen LogP contribution in [0.25, 0.3) is 32.7 Å². The zero-order valence-corrected chi connectivity index (χ0v) is 10.6. The molecule has 0 N–H and O–H groups in total. The van der Waals surface area contributed by atoms with Crippen LogP contribution in [0.3, 0.4) is 0 Å².